The van der Waals surface area contributed by atoms with E-state index in [4.69, 9.17) is 4.74 Å². The van der Waals surface area contributed by atoms with Crippen LogP contribution in [-0.2, 0) is 22.1 Å². The Hall–Kier alpha value is -1.99. The van der Waals surface area contributed by atoms with Crippen molar-refractivity contribution in [3.8, 4) is 0 Å². The Morgan fingerprint density at radius 2 is 2.29 bits per heavy atom. The molecular formula is C17H23FN4O2. The number of nitrogens with zero attached hydrogens (tertiary/aromatic N) is 2. The molecular weight excluding hydrogens is 311 g/mol. The van der Waals surface area contributed by atoms with Gasteiger partial charge >= 0.3 is 0 Å². The van der Waals surface area contributed by atoms with Crippen LogP contribution in [0.1, 0.15) is 19.5 Å². The molecule has 1 saturated heterocycles. The zero-order valence-corrected chi connectivity index (χ0v) is 14.2. The topological polar surface area (TPSA) is 68.2 Å². The van der Waals surface area contributed by atoms with Gasteiger partial charge in [0.15, 0.2) is 0 Å². The smallest absolute Gasteiger partial charge is 0.227 e. The van der Waals surface area contributed by atoms with Gasteiger partial charge in [-0.3, -0.25) is 9.48 Å². The summed E-state index contributed by atoms with van der Waals surface area (Å²) in [4.78, 5) is 12.6. The Balaban J connectivity index is 1.88. The molecule has 0 saturated carbocycles. The second kappa shape index (κ2) is 6.49. The van der Waals surface area contributed by atoms with Gasteiger partial charge in [-0.05, 0) is 19.9 Å². The van der Waals surface area contributed by atoms with E-state index in [0.717, 1.165) is 6.54 Å². The summed E-state index contributed by atoms with van der Waals surface area (Å²) >= 11 is 0. The third kappa shape index (κ3) is 3.14. The van der Waals surface area contributed by atoms with Crippen molar-refractivity contribution < 1.29 is 13.9 Å². The average molecular weight is 334 g/mol. The molecule has 1 aromatic heterocycles. The molecule has 1 aliphatic heterocycles. The van der Waals surface area contributed by atoms with Gasteiger partial charge in [-0.1, -0.05) is 12.1 Å². The van der Waals surface area contributed by atoms with Crippen LogP contribution in [0.3, 0.4) is 0 Å². The molecule has 24 heavy (non-hydrogen) atoms. The van der Waals surface area contributed by atoms with E-state index >= 15 is 0 Å². The molecule has 2 aromatic rings. The monoisotopic (exact) mass is 334 g/mol. The summed E-state index contributed by atoms with van der Waals surface area (Å²) in [7, 11) is 1.70. The van der Waals surface area contributed by atoms with Gasteiger partial charge in [-0.2, -0.15) is 5.10 Å². The molecule has 2 N–H and O–H groups in total. The highest BCUT2D eigenvalue weighted by Crippen LogP contribution is 2.29. The average Bonchev–Trinajstić information content (AvgIpc) is 2.72. The minimum Gasteiger partial charge on any atom is -0.379 e. The van der Waals surface area contributed by atoms with Crippen molar-refractivity contribution >= 4 is 16.8 Å². The lowest BCUT2D eigenvalue weighted by molar-refractivity contribution is -0.128. The first-order valence-corrected chi connectivity index (χ1v) is 8.12. The van der Waals surface area contributed by atoms with Gasteiger partial charge < -0.3 is 15.4 Å². The summed E-state index contributed by atoms with van der Waals surface area (Å²) < 4.78 is 21.0. The highest BCUT2D eigenvalue weighted by atomic mass is 19.1. The quantitative estimate of drug-likeness (QED) is 0.888. The maximum atomic E-state index is 14.1. The molecule has 0 spiro atoms. The highest BCUT2D eigenvalue weighted by Gasteiger charge is 2.32. The van der Waals surface area contributed by atoms with Crippen LogP contribution in [0, 0.1) is 11.7 Å². The summed E-state index contributed by atoms with van der Waals surface area (Å²) in [5.74, 6) is -0.666. The van der Waals surface area contributed by atoms with Crippen molar-refractivity contribution in [3.05, 3.63) is 29.7 Å². The predicted molar refractivity (Wildman–Crippen MR) is 89.0 cm³/mol. The maximum Gasteiger partial charge on any atom is 0.227 e. The van der Waals surface area contributed by atoms with Crippen LogP contribution in [0.2, 0.25) is 0 Å². The Labute approximate surface area is 140 Å². The third-order valence-electron chi connectivity index (χ3n) is 4.35. The normalized spacial score (nSPS) is 19.2. The third-order valence-corrected chi connectivity index (χ3v) is 4.35. The number of carbonyl (C=O) groups excluding carboxylic acids is 1. The number of carbonyl (C=O) groups is 1. The molecule has 2 heterocycles. The zero-order valence-electron chi connectivity index (χ0n) is 14.2. The van der Waals surface area contributed by atoms with E-state index in [1.54, 1.807) is 13.1 Å². The number of para-hydroxylation sites is 1. The Kier molecular flexibility index (Phi) is 4.56. The molecule has 1 amide bonds. The number of hydrogen-bond donors (Lipinski definition) is 2. The van der Waals surface area contributed by atoms with Crippen molar-refractivity contribution in [2.75, 3.05) is 26.3 Å². The number of aromatic nitrogens is 2. The molecule has 1 aliphatic rings. The zero-order chi connectivity index (χ0) is 17.3. The van der Waals surface area contributed by atoms with Crippen molar-refractivity contribution in [2.24, 2.45) is 13.0 Å². The number of amides is 1. The van der Waals surface area contributed by atoms with Crippen molar-refractivity contribution in [3.63, 3.8) is 0 Å². The van der Waals surface area contributed by atoms with E-state index in [0.29, 0.717) is 36.4 Å². The first-order chi connectivity index (χ1) is 11.4. The molecule has 130 valence electrons. The molecule has 7 heteroatoms. The lowest BCUT2D eigenvalue weighted by Gasteiger charge is -2.27. The van der Waals surface area contributed by atoms with Gasteiger partial charge in [0.25, 0.3) is 0 Å². The van der Waals surface area contributed by atoms with Gasteiger partial charge in [0.2, 0.25) is 5.91 Å². The van der Waals surface area contributed by atoms with Gasteiger partial charge in [0.1, 0.15) is 11.3 Å². The van der Waals surface area contributed by atoms with Gasteiger partial charge in [-0.15, -0.1) is 0 Å². The van der Waals surface area contributed by atoms with Gasteiger partial charge in [-0.25, -0.2) is 4.39 Å². The number of benzene rings is 1. The Morgan fingerprint density at radius 1 is 1.50 bits per heavy atom. The molecule has 3 rings (SSSR count). The molecule has 1 fully saturated rings. The standard InChI is InChI=1S/C17H23FN4O2/c1-17(2,20-16(23)11-9-19-7-8-24-10-11)15-12-5-4-6-13(18)14(12)22(3)21-15/h4-6,11,19H,7-10H2,1-3H3,(H,20,23)/t11-/m1/s1. The number of fused-ring (bicyclic) bond motifs is 1. The fourth-order valence-corrected chi connectivity index (χ4v) is 3.09. The van der Waals surface area contributed by atoms with Crippen LogP contribution in [-0.4, -0.2) is 42.0 Å². The van der Waals surface area contributed by atoms with Crippen LogP contribution in [0.4, 0.5) is 4.39 Å². The second-order valence-corrected chi connectivity index (χ2v) is 6.70. The van der Waals surface area contributed by atoms with Crippen molar-refractivity contribution in [2.45, 2.75) is 19.4 Å². The summed E-state index contributed by atoms with van der Waals surface area (Å²) in [5.41, 5.74) is 0.362. The number of ether oxygens (including phenoxy) is 1. The number of halogens is 1. The van der Waals surface area contributed by atoms with E-state index in [1.165, 1.54) is 10.7 Å². The van der Waals surface area contributed by atoms with E-state index in [1.807, 2.05) is 19.9 Å². The fraction of sp³-hybridized carbons (Fsp3) is 0.529. The summed E-state index contributed by atoms with van der Waals surface area (Å²) in [6.45, 7) is 6.09. The Bertz CT molecular complexity index is 748. The molecule has 0 unspecified atom stereocenters. The number of nitrogens with one attached hydrogen (secondary N) is 2. The van der Waals surface area contributed by atoms with Crippen molar-refractivity contribution in [1.29, 1.82) is 0 Å². The van der Waals surface area contributed by atoms with E-state index < -0.39 is 5.54 Å². The first kappa shape index (κ1) is 16.9. The van der Waals surface area contributed by atoms with Crippen LogP contribution in [0.5, 0.6) is 0 Å². The van der Waals surface area contributed by atoms with Gasteiger partial charge in [0.05, 0.1) is 30.4 Å². The number of rotatable bonds is 3. The summed E-state index contributed by atoms with van der Waals surface area (Å²) in [6, 6.07) is 4.89. The molecule has 6 nitrogen and oxygen atoms in total. The molecule has 1 aromatic carbocycles. The fourth-order valence-electron chi connectivity index (χ4n) is 3.09. The van der Waals surface area contributed by atoms with Crippen LogP contribution in [0.25, 0.3) is 10.9 Å². The predicted octanol–water partition coefficient (Wildman–Crippen LogP) is 1.30. The minimum absolute atomic E-state index is 0.0930. The molecule has 0 aliphatic carbocycles. The highest BCUT2D eigenvalue weighted by molar-refractivity contribution is 5.85. The largest absolute Gasteiger partial charge is 0.379 e. The second-order valence-electron chi connectivity index (χ2n) is 6.70. The SMILES string of the molecule is Cn1nc(C(C)(C)NC(=O)[C@@H]2CNCCOC2)c2cccc(F)c21. The van der Waals surface area contributed by atoms with Crippen LogP contribution >= 0.6 is 0 Å². The molecule has 1 atom stereocenters. The molecule has 0 radical (unpaired) electrons. The van der Waals surface area contributed by atoms with E-state index in [2.05, 4.69) is 15.7 Å². The lowest BCUT2D eigenvalue weighted by atomic mass is 9.96. The van der Waals surface area contributed by atoms with Crippen LogP contribution in [0.15, 0.2) is 18.2 Å². The minimum atomic E-state index is -0.726. The van der Waals surface area contributed by atoms with Crippen molar-refractivity contribution in [1.82, 2.24) is 20.4 Å². The van der Waals surface area contributed by atoms with E-state index in [-0.39, 0.29) is 17.6 Å². The van der Waals surface area contributed by atoms with Gasteiger partial charge in [0, 0.05) is 25.5 Å². The maximum absolute atomic E-state index is 14.1. The number of aryl methyl sites for hydroxylation is 1. The summed E-state index contributed by atoms with van der Waals surface area (Å²) in [5, 5.41) is 11.4. The molecule has 0 bridgehead atoms. The summed E-state index contributed by atoms with van der Waals surface area (Å²) in [6.07, 6.45) is 0. The van der Waals surface area contributed by atoms with Crippen LogP contribution < -0.4 is 10.6 Å². The first-order valence-electron chi connectivity index (χ1n) is 8.12. The Morgan fingerprint density at radius 3 is 3.08 bits per heavy atom. The number of hydrogen-bond acceptors (Lipinski definition) is 4. The lowest BCUT2D eigenvalue weighted by Crippen LogP contribution is -2.47. The van der Waals surface area contributed by atoms with E-state index in [9.17, 15) is 9.18 Å².